The zero-order chi connectivity index (χ0) is 19.6. The van der Waals surface area contributed by atoms with Gasteiger partial charge in [-0.3, -0.25) is 10.1 Å². The minimum Gasteiger partial charge on any atom is -0.402 e. The van der Waals surface area contributed by atoms with Crippen LogP contribution in [0.1, 0.15) is 12.8 Å². The fraction of sp³-hybridized carbons (Fsp3) is 0.278. The van der Waals surface area contributed by atoms with Crippen LogP contribution in [0.5, 0.6) is 0 Å². The summed E-state index contributed by atoms with van der Waals surface area (Å²) >= 11 is 1.45. The molecule has 1 atom stereocenters. The molecule has 1 fully saturated rings. The molecule has 10 heteroatoms. The van der Waals surface area contributed by atoms with E-state index in [1.807, 2.05) is 17.5 Å². The van der Waals surface area contributed by atoms with E-state index in [1.54, 1.807) is 30.3 Å². The average molecular weight is 419 g/mol. The van der Waals surface area contributed by atoms with Crippen molar-refractivity contribution in [3.8, 4) is 10.8 Å². The number of carbonyl (C=O) groups excluding carboxylic acids is 1. The molecule has 1 aliphatic rings. The van der Waals surface area contributed by atoms with E-state index in [0.29, 0.717) is 25.3 Å². The lowest BCUT2D eigenvalue weighted by molar-refractivity contribution is -0.121. The van der Waals surface area contributed by atoms with Crippen LogP contribution in [0.25, 0.3) is 10.8 Å². The fourth-order valence-corrected chi connectivity index (χ4v) is 5.29. The first-order valence-corrected chi connectivity index (χ1v) is 11.1. The van der Waals surface area contributed by atoms with Gasteiger partial charge in [0.05, 0.1) is 15.7 Å². The Kier molecular flexibility index (Phi) is 5.25. The van der Waals surface area contributed by atoms with Gasteiger partial charge in [0.1, 0.15) is 0 Å². The van der Waals surface area contributed by atoms with Crippen LogP contribution in [-0.4, -0.2) is 41.9 Å². The van der Waals surface area contributed by atoms with Crippen LogP contribution in [0.3, 0.4) is 0 Å². The number of hydrogen-bond donors (Lipinski definition) is 1. The molecule has 0 radical (unpaired) electrons. The Morgan fingerprint density at radius 1 is 1.18 bits per heavy atom. The number of piperidine rings is 1. The third-order valence-corrected chi connectivity index (χ3v) is 7.26. The number of sulfonamides is 1. The van der Waals surface area contributed by atoms with Gasteiger partial charge in [-0.25, -0.2) is 8.42 Å². The summed E-state index contributed by atoms with van der Waals surface area (Å²) in [6, 6.07) is 12.0. The Bertz CT molecular complexity index is 1050. The molecule has 1 amide bonds. The molecule has 28 heavy (non-hydrogen) atoms. The van der Waals surface area contributed by atoms with Gasteiger partial charge in [0, 0.05) is 13.1 Å². The molecule has 1 N–H and O–H groups in total. The molecular formula is C18H18N4O4S2. The third kappa shape index (κ3) is 3.84. The van der Waals surface area contributed by atoms with Gasteiger partial charge < -0.3 is 4.42 Å². The van der Waals surface area contributed by atoms with Crippen molar-refractivity contribution in [3.63, 3.8) is 0 Å². The van der Waals surface area contributed by atoms with Gasteiger partial charge in [-0.05, 0) is 36.4 Å². The zero-order valence-electron chi connectivity index (χ0n) is 14.8. The van der Waals surface area contributed by atoms with E-state index in [2.05, 4.69) is 15.5 Å². The van der Waals surface area contributed by atoms with E-state index in [1.165, 1.54) is 15.6 Å². The van der Waals surface area contributed by atoms with Crippen molar-refractivity contribution in [2.45, 2.75) is 17.7 Å². The monoisotopic (exact) mass is 418 g/mol. The number of hydrogen-bond acceptors (Lipinski definition) is 7. The van der Waals surface area contributed by atoms with E-state index in [4.69, 9.17) is 4.42 Å². The molecule has 1 aromatic carbocycles. The summed E-state index contributed by atoms with van der Waals surface area (Å²) < 4.78 is 32.4. The predicted octanol–water partition coefficient (Wildman–Crippen LogP) is 2.84. The molecule has 0 aliphatic carbocycles. The van der Waals surface area contributed by atoms with Crippen molar-refractivity contribution in [1.82, 2.24) is 14.5 Å². The standard InChI is InChI=1S/C18H18N4O4S2/c23-16(19-18-21-20-17(26-18)15-9-5-11-27-15)13-6-4-10-22(12-13)28(24,25)14-7-2-1-3-8-14/h1-3,5,7-9,11,13H,4,6,10,12H2,(H,19,21,23). The molecule has 0 spiro atoms. The number of nitrogens with one attached hydrogen (secondary N) is 1. The van der Waals surface area contributed by atoms with Crippen LogP contribution in [0, 0.1) is 5.92 Å². The van der Waals surface area contributed by atoms with E-state index in [0.717, 1.165) is 4.88 Å². The van der Waals surface area contributed by atoms with Crippen molar-refractivity contribution >= 4 is 33.3 Å². The Hall–Kier alpha value is -2.56. The molecular weight excluding hydrogens is 400 g/mol. The Morgan fingerprint density at radius 2 is 2.00 bits per heavy atom. The molecule has 8 nitrogen and oxygen atoms in total. The minimum atomic E-state index is -3.62. The zero-order valence-corrected chi connectivity index (χ0v) is 16.4. The summed E-state index contributed by atoms with van der Waals surface area (Å²) in [6.07, 6.45) is 1.20. The fourth-order valence-electron chi connectivity index (χ4n) is 3.10. The molecule has 4 rings (SSSR count). The maximum Gasteiger partial charge on any atom is 0.322 e. The van der Waals surface area contributed by atoms with Crippen LogP contribution >= 0.6 is 11.3 Å². The summed E-state index contributed by atoms with van der Waals surface area (Å²) in [5.74, 6) is -0.471. The highest BCUT2D eigenvalue weighted by Gasteiger charge is 2.33. The number of amides is 1. The summed E-state index contributed by atoms with van der Waals surface area (Å²) in [4.78, 5) is 13.7. The Balaban J connectivity index is 1.44. The Labute approximate surface area is 166 Å². The molecule has 1 unspecified atom stereocenters. The van der Waals surface area contributed by atoms with E-state index >= 15 is 0 Å². The molecule has 3 aromatic rings. The van der Waals surface area contributed by atoms with Gasteiger partial charge in [-0.15, -0.1) is 16.4 Å². The highest BCUT2D eigenvalue weighted by atomic mass is 32.2. The lowest BCUT2D eigenvalue weighted by Crippen LogP contribution is -2.43. The predicted molar refractivity (Wildman–Crippen MR) is 104 cm³/mol. The highest BCUT2D eigenvalue weighted by molar-refractivity contribution is 7.89. The first-order chi connectivity index (χ1) is 13.5. The van der Waals surface area contributed by atoms with Crippen molar-refractivity contribution in [1.29, 1.82) is 0 Å². The number of benzene rings is 1. The van der Waals surface area contributed by atoms with Crippen LogP contribution < -0.4 is 5.32 Å². The first-order valence-electron chi connectivity index (χ1n) is 8.77. The Morgan fingerprint density at radius 3 is 2.75 bits per heavy atom. The van der Waals surface area contributed by atoms with Crippen molar-refractivity contribution in [2.24, 2.45) is 5.92 Å². The largest absolute Gasteiger partial charge is 0.402 e. The second-order valence-electron chi connectivity index (χ2n) is 6.39. The molecule has 2 aromatic heterocycles. The maximum atomic E-state index is 12.8. The van der Waals surface area contributed by atoms with Gasteiger partial charge in [0.2, 0.25) is 15.9 Å². The molecule has 0 saturated carbocycles. The van der Waals surface area contributed by atoms with Gasteiger partial charge in [0.25, 0.3) is 5.89 Å². The lowest BCUT2D eigenvalue weighted by atomic mass is 9.99. The van der Waals surface area contributed by atoms with Crippen LogP contribution in [-0.2, 0) is 14.8 Å². The molecule has 0 bridgehead atoms. The summed E-state index contributed by atoms with van der Waals surface area (Å²) in [5.41, 5.74) is 0. The summed E-state index contributed by atoms with van der Waals surface area (Å²) in [6.45, 7) is 0.513. The molecule has 146 valence electrons. The van der Waals surface area contributed by atoms with Gasteiger partial charge in [-0.2, -0.15) is 4.31 Å². The maximum absolute atomic E-state index is 12.8. The topological polar surface area (TPSA) is 105 Å². The number of thiophene rings is 1. The number of nitrogens with zero attached hydrogens (tertiary/aromatic N) is 3. The van der Waals surface area contributed by atoms with Crippen molar-refractivity contribution < 1.29 is 17.6 Å². The number of rotatable bonds is 5. The average Bonchev–Trinajstić information content (AvgIpc) is 3.40. The lowest BCUT2D eigenvalue weighted by Gasteiger charge is -2.30. The summed E-state index contributed by atoms with van der Waals surface area (Å²) in [7, 11) is -3.62. The molecule has 1 aliphatic heterocycles. The van der Waals surface area contributed by atoms with E-state index < -0.39 is 15.9 Å². The van der Waals surface area contributed by atoms with E-state index in [9.17, 15) is 13.2 Å². The highest BCUT2D eigenvalue weighted by Crippen LogP contribution is 2.26. The first kappa shape index (κ1) is 18.8. The number of carbonyl (C=O) groups is 1. The molecule has 1 saturated heterocycles. The molecule has 3 heterocycles. The number of aromatic nitrogens is 2. The summed E-state index contributed by atoms with van der Waals surface area (Å²) in [5, 5.41) is 12.3. The quantitative estimate of drug-likeness (QED) is 0.683. The van der Waals surface area contributed by atoms with Crippen molar-refractivity contribution in [2.75, 3.05) is 18.4 Å². The smallest absolute Gasteiger partial charge is 0.322 e. The van der Waals surface area contributed by atoms with Gasteiger partial charge >= 0.3 is 6.01 Å². The van der Waals surface area contributed by atoms with Gasteiger partial charge in [-0.1, -0.05) is 29.4 Å². The number of anilines is 1. The van der Waals surface area contributed by atoms with Crippen LogP contribution in [0.2, 0.25) is 0 Å². The second kappa shape index (κ2) is 7.82. The SMILES string of the molecule is O=C(Nc1nnc(-c2cccs2)o1)C1CCCN(S(=O)(=O)c2ccccc2)C1. The van der Waals surface area contributed by atoms with Crippen molar-refractivity contribution in [3.05, 3.63) is 47.8 Å². The second-order valence-corrected chi connectivity index (χ2v) is 9.28. The van der Waals surface area contributed by atoms with Crippen LogP contribution in [0.4, 0.5) is 6.01 Å². The normalized spacial score (nSPS) is 18.1. The third-order valence-electron chi connectivity index (χ3n) is 4.52. The van der Waals surface area contributed by atoms with E-state index in [-0.39, 0.29) is 23.4 Å². The minimum absolute atomic E-state index is 0.0106. The van der Waals surface area contributed by atoms with Gasteiger partial charge in [0.15, 0.2) is 0 Å². The van der Waals surface area contributed by atoms with Crippen LogP contribution in [0.15, 0.2) is 57.2 Å².